The summed E-state index contributed by atoms with van der Waals surface area (Å²) >= 11 is 6.10. The van der Waals surface area contributed by atoms with Crippen molar-refractivity contribution < 1.29 is 9.53 Å². The van der Waals surface area contributed by atoms with Gasteiger partial charge >= 0.3 is 6.09 Å². The molecule has 0 aliphatic carbocycles. The van der Waals surface area contributed by atoms with E-state index >= 15 is 0 Å². The number of likely N-dealkylation sites (tertiary alicyclic amines) is 1. The zero-order chi connectivity index (χ0) is 16.5. The van der Waals surface area contributed by atoms with Crippen molar-refractivity contribution in [3.05, 3.63) is 34.3 Å². The molecule has 2 rings (SSSR count). The first-order valence-corrected chi connectivity index (χ1v) is 8.06. The van der Waals surface area contributed by atoms with E-state index in [4.69, 9.17) is 22.1 Å². The molecule has 0 spiro atoms. The number of carbonyl (C=O) groups excluding carboxylic acids is 1. The molecular weight excluding hydrogens is 300 g/mol. The van der Waals surface area contributed by atoms with Gasteiger partial charge < -0.3 is 15.4 Å². The average molecular weight is 325 g/mol. The Bertz CT molecular complexity index is 554. The number of halogens is 1. The zero-order valence-corrected chi connectivity index (χ0v) is 14.5. The second kappa shape index (κ2) is 6.47. The van der Waals surface area contributed by atoms with Crippen molar-refractivity contribution in [3.8, 4) is 0 Å². The molecule has 0 radical (unpaired) electrons. The Morgan fingerprint density at radius 1 is 1.41 bits per heavy atom. The third kappa shape index (κ3) is 4.14. The van der Waals surface area contributed by atoms with E-state index in [9.17, 15) is 4.79 Å². The van der Waals surface area contributed by atoms with E-state index in [1.807, 2.05) is 45.9 Å². The van der Waals surface area contributed by atoms with Gasteiger partial charge in [0.25, 0.3) is 0 Å². The number of benzene rings is 1. The Balaban J connectivity index is 2.26. The van der Waals surface area contributed by atoms with Gasteiger partial charge in [0.05, 0.1) is 6.04 Å². The molecule has 1 fully saturated rings. The van der Waals surface area contributed by atoms with Gasteiger partial charge in [-0.05, 0) is 57.7 Å². The molecule has 1 aromatic rings. The Labute approximate surface area is 137 Å². The predicted molar refractivity (Wildman–Crippen MR) is 89.1 cm³/mol. The third-order valence-corrected chi connectivity index (χ3v) is 4.26. The maximum Gasteiger partial charge on any atom is 0.410 e. The molecule has 2 unspecified atom stereocenters. The fraction of sp³-hybridized carbons (Fsp3) is 0.588. The highest BCUT2D eigenvalue weighted by molar-refractivity contribution is 6.31. The topological polar surface area (TPSA) is 55.6 Å². The number of aryl methyl sites for hydroxylation is 1. The van der Waals surface area contributed by atoms with Gasteiger partial charge in [0.2, 0.25) is 0 Å². The Morgan fingerprint density at radius 3 is 2.68 bits per heavy atom. The molecule has 22 heavy (non-hydrogen) atoms. The molecule has 0 saturated carbocycles. The van der Waals surface area contributed by atoms with Gasteiger partial charge in [-0.15, -0.1) is 0 Å². The lowest BCUT2D eigenvalue weighted by atomic mass is 9.92. The summed E-state index contributed by atoms with van der Waals surface area (Å²) in [6, 6.07) is 5.91. The van der Waals surface area contributed by atoms with Crippen molar-refractivity contribution in [2.75, 3.05) is 6.54 Å². The summed E-state index contributed by atoms with van der Waals surface area (Å²) in [6.45, 7) is 8.21. The molecule has 1 saturated heterocycles. The average Bonchev–Trinajstić information content (AvgIpc) is 2.39. The van der Waals surface area contributed by atoms with E-state index in [1.54, 1.807) is 4.90 Å². The van der Waals surface area contributed by atoms with E-state index in [1.165, 1.54) is 0 Å². The zero-order valence-electron chi connectivity index (χ0n) is 13.7. The van der Waals surface area contributed by atoms with Crippen LogP contribution in [0.3, 0.4) is 0 Å². The number of amides is 1. The number of piperidine rings is 1. The Kier molecular flexibility index (Phi) is 5.03. The lowest BCUT2D eigenvalue weighted by molar-refractivity contribution is 0.00796. The summed E-state index contributed by atoms with van der Waals surface area (Å²) in [4.78, 5) is 14.3. The molecule has 1 aromatic carbocycles. The van der Waals surface area contributed by atoms with Crippen LogP contribution in [0.15, 0.2) is 18.2 Å². The van der Waals surface area contributed by atoms with Crippen LogP contribution in [0.5, 0.6) is 0 Å². The smallest absolute Gasteiger partial charge is 0.410 e. The first-order valence-electron chi connectivity index (χ1n) is 7.68. The Morgan fingerprint density at radius 2 is 2.09 bits per heavy atom. The highest BCUT2D eigenvalue weighted by atomic mass is 35.5. The fourth-order valence-corrected chi connectivity index (χ4v) is 2.84. The van der Waals surface area contributed by atoms with E-state index < -0.39 is 5.60 Å². The molecule has 5 heteroatoms. The van der Waals surface area contributed by atoms with Crippen LogP contribution in [0.4, 0.5) is 4.79 Å². The second-order valence-electron chi connectivity index (χ2n) is 6.98. The van der Waals surface area contributed by atoms with Gasteiger partial charge in [0.1, 0.15) is 5.60 Å². The molecule has 2 N–H and O–H groups in total. The number of carbonyl (C=O) groups is 1. The minimum absolute atomic E-state index is 0.0606. The van der Waals surface area contributed by atoms with Crippen molar-refractivity contribution in [1.82, 2.24) is 4.90 Å². The largest absolute Gasteiger partial charge is 0.444 e. The van der Waals surface area contributed by atoms with E-state index in [0.717, 1.165) is 29.0 Å². The summed E-state index contributed by atoms with van der Waals surface area (Å²) in [5, 5.41) is 0.729. The molecular formula is C17H25ClN2O2. The summed E-state index contributed by atoms with van der Waals surface area (Å²) < 4.78 is 5.54. The normalized spacial score (nSPS) is 22.5. The van der Waals surface area contributed by atoms with Crippen LogP contribution < -0.4 is 5.73 Å². The molecule has 122 valence electrons. The van der Waals surface area contributed by atoms with Gasteiger partial charge in [0.15, 0.2) is 0 Å². The standard InChI is InChI=1S/C17H25ClN2O2/c1-11-9-12(5-6-14(11)18)15-10-13(19)7-8-20(15)16(21)22-17(2,3)4/h5-6,9,13,15H,7-8,10,19H2,1-4H3. The van der Waals surface area contributed by atoms with Crippen molar-refractivity contribution >= 4 is 17.7 Å². The lowest BCUT2D eigenvalue weighted by Crippen LogP contribution is -2.46. The molecule has 0 bridgehead atoms. The number of nitrogens with two attached hydrogens (primary N) is 1. The van der Waals surface area contributed by atoms with Crippen molar-refractivity contribution in [3.63, 3.8) is 0 Å². The number of rotatable bonds is 1. The summed E-state index contributed by atoms with van der Waals surface area (Å²) in [7, 11) is 0. The molecule has 1 amide bonds. The first-order chi connectivity index (χ1) is 10.2. The molecule has 1 aliphatic heterocycles. The van der Waals surface area contributed by atoms with Gasteiger partial charge in [-0.2, -0.15) is 0 Å². The highest BCUT2D eigenvalue weighted by Crippen LogP contribution is 2.33. The quantitative estimate of drug-likeness (QED) is 0.848. The number of nitrogens with zero attached hydrogens (tertiary/aromatic N) is 1. The fourth-order valence-electron chi connectivity index (χ4n) is 2.72. The molecule has 0 aromatic heterocycles. The number of hydrogen-bond acceptors (Lipinski definition) is 3. The summed E-state index contributed by atoms with van der Waals surface area (Å²) in [5.41, 5.74) is 7.67. The second-order valence-corrected chi connectivity index (χ2v) is 7.39. The number of hydrogen-bond donors (Lipinski definition) is 1. The van der Waals surface area contributed by atoms with E-state index in [-0.39, 0.29) is 18.2 Å². The minimum Gasteiger partial charge on any atom is -0.444 e. The van der Waals surface area contributed by atoms with Crippen LogP contribution in [0, 0.1) is 6.92 Å². The summed E-state index contributed by atoms with van der Waals surface area (Å²) in [6.07, 6.45) is 1.25. The Hall–Kier alpha value is -1.26. The van der Waals surface area contributed by atoms with Crippen LogP contribution in [0.25, 0.3) is 0 Å². The monoisotopic (exact) mass is 324 g/mol. The lowest BCUT2D eigenvalue weighted by Gasteiger charge is -2.39. The van der Waals surface area contributed by atoms with Gasteiger partial charge in [-0.25, -0.2) is 4.79 Å². The van der Waals surface area contributed by atoms with Crippen molar-refractivity contribution in [1.29, 1.82) is 0 Å². The molecule has 4 nitrogen and oxygen atoms in total. The van der Waals surface area contributed by atoms with Crippen LogP contribution >= 0.6 is 11.6 Å². The van der Waals surface area contributed by atoms with E-state index in [2.05, 4.69) is 0 Å². The maximum atomic E-state index is 12.5. The number of ether oxygens (including phenoxy) is 1. The molecule has 1 aliphatic rings. The van der Waals surface area contributed by atoms with E-state index in [0.29, 0.717) is 6.54 Å². The van der Waals surface area contributed by atoms with Crippen molar-refractivity contribution in [2.24, 2.45) is 5.73 Å². The molecule has 2 atom stereocenters. The highest BCUT2D eigenvalue weighted by Gasteiger charge is 2.34. The maximum absolute atomic E-state index is 12.5. The van der Waals surface area contributed by atoms with Crippen LogP contribution in [-0.4, -0.2) is 29.2 Å². The van der Waals surface area contributed by atoms with Crippen molar-refractivity contribution in [2.45, 2.75) is 58.2 Å². The molecule has 1 heterocycles. The minimum atomic E-state index is -0.503. The van der Waals surface area contributed by atoms with Crippen LogP contribution in [0.2, 0.25) is 5.02 Å². The van der Waals surface area contributed by atoms with Gasteiger partial charge in [-0.3, -0.25) is 0 Å². The first kappa shape index (κ1) is 17.1. The SMILES string of the molecule is Cc1cc(C2CC(N)CCN2C(=O)OC(C)(C)C)ccc1Cl. The third-order valence-electron chi connectivity index (χ3n) is 3.84. The van der Waals surface area contributed by atoms with Crippen LogP contribution in [-0.2, 0) is 4.74 Å². The van der Waals surface area contributed by atoms with Crippen LogP contribution in [0.1, 0.15) is 50.8 Å². The van der Waals surface area contributed by atoms with Gasteiger partial charge in [-0.1, -0.05) is 23.7 Å². The van der Waals surface area contributed by atoms with Gasteiger partial charge in [0, 0.05) is 17.6 Å². The summed E-state index contributed by atoms with van der Waals surface area (Å²) in [5.74, 6) is 0. The predicted octanol–water partition coefficient (Wildman–Crippen LogP) is 4.05.